The lowest BCUT2D eigenvalue weighted by molar-refractivity contribution is -0.121. The van der Waals surface area contributed by atoms with Crippen LogP contribution in [0.3, 0.4) is 0 Å². The van der Waals surface area contributed by atoms with Crippen LogP contribution in [0.2, 0.25) is 0 Å². The first-order valence-corrected chi connectivity index (χ1v) is 12.9. The number of hydrogen-bond donors (Lipinski definition) is 1. The number of imidazole rings is 1. The zero-order valence-corrected chi connectivity index (χ0v) is 20.4. The standard InChI is InChI=1S/C25H32N4O3S/c1-4-29-22-12-11-20(33(31,32)28(2)3)17-21(22)27-23(29)13-14-24(30)26-18-25(15-8-16-25)19-9-6-5-7-10-19/h5-7,9-12,17H,4,8,13-16,18H2,1-3H3,(H,26,30). The lowest BCUT2D eigenvalue weighted by Gasteiger charge is -2.42. The molecule has 3 aromatic rings. The molecule has 0 atom stereocenters. The van der Waals surface area contributed by atoms with Crippen molar-refractivity contribution < 1.29 is 13.2 Å². The predicted molar refractivity (Wildman–Crippen MR) is 130 cm³/mol. The van der Waals surface area contributed by atoms with Crippen LogP contribution in [-0.2, 0) is 33.2 Å². The Morgan fingerprint density at radius 2 is 1.88 bits per heavy atom. The zero-order valence-electron chi connectivity index (χ0n) is 19.5. The van der Waals surface area contributed by atoms with E-state index in [-0.39, 0.29) is 16.2 Å². The Kier molecular flexibility index (Phi) is 6.59. The number of sulfonamides is 1. The third-order valence-electron chi connectivity index (χ3n) is 6.79. The Hall–Kier alpha value is -2.71. The van der Waals surface area contributed by atoms with Gasteiger partial charge < -0.3 is 9.88 Å². The molecule has 33 heavy (non-hydrogen) atoms. The molecule has 1 aromatic heterocycles. The molecule has 7 nitrogen and oxygen atoms in total. The summed E-state index contributed by atoms with van der Waals surface area (Å²) >= 11 is 0. The molecule has 1 aliphatic carbocycles. The Balaban J connectivity index is 1.45. The van der Waals surface area contributed by atoms with Crippen molar-refractivity contribution in [3.8, 4) is 0 Å². The fourth-order valence-corrected chi connectivity index (χ4v) is 5.54. The fraction of sp³-hybridized carbons (Fsp3) is 0.440. The van der Waals surface area contributed by atoms with Gasteiger partial charge in [-0.2, -0.15) is 0 Å². The van der Waals surface area contributed by atoms with Crippen LogP contribution in [0, 0.1) is 0 Å². The number of benzene rings is 2. The largest absolute Gasteiger partial charge is 0.355 e. The van der Waals surface area contributed by atoms with Gasteiger partial charge in [0.2, 0.25) is 15.9 Å². The molecule has 4 rings (SSSR count). The molecular formula is C25H32N4O3S. The number of nitrogens with zero attached hydrogens (tertiary/aromatic N) is 3. The summed E-state index contributed by atoms with van der Waals surface area (Å²) in [7, 11) is -0.499. The van der Waals surface area contributed by atoms with Crippen LogP contribution < -0.4 is 5.32 Å². The van der Waals surface area contributed by atoms with Gasteiger partial charge in [-0.05, 0) is 43.5 Å². The van der Waals surface area contributed by atoms with Crippen molar-refractivity contribution in [1.29, 1.82) is 0 Å². The van der Waals surface area contributed by atoms with E-state index in [0.29, 0.717) is 31.4 Å². The minimum Gasteiger partial charge on any atom is -0.355 e. The van der Waals surface area contributed by atoms with Gasteiger partial charge in [0.05, 0.1) is 15.9 Å². The molecule has 1 heterocycles. The first kappa shape index (κ1) is 23.4. The monoisotopic (exact) mass is 468 g/mol. The van der Waals surface area contributed by atoms with Gasteiger partial charge in [-0.25, -0.2) is 17.7 Å². The number of amides is 1. The lowest BCUT2D eigenvalue weighted by atomic mass is 9.64. The smallest absolute Gasteiger partial charge is 0.242 e. The molecule has 0 saturated heterocycles. The van der Waals surface area contributed by atoms with E-state index in [0.717, 1.165) is 24.2 Å². The summed E-state index contributed by atoms with van der Waals surface area (Å²) in [5, 5.41) is 3.15. The van der Waals surface area contributed by atoms with Crippen molar-refractivity contribution in [1.82, 2.24) is 19.2 Å². The molecular weight excluding hydrogens is 436 g/mol. The van der Waals surface area contributed by atoms with E-state index in [1.807, 2.05) is 17.6 Å². The molecule has 8 heteroatoms. The Bertz CT molecular complexity index is 1250. The van der Waals surface area contributed by atoms with Gasteiger partial charge in [-0.3, -0.25) is 4.79 Å². The highest BCUT2D eigenvalue weighted by atomic mass is 32.2. The van der Waals surface area contributed by atoms with Crippen LogP contribution in [-0.4, -0.2) is 48.8 Å². The maximum absolute atomic E-state index is 12.7. The van der Waals surface area contributed by atoms with Crippen LogP contribution in [0.25, 0.3) is 11.0 Å². The van der Waals surface area contributed by atoms with E-state index >= 15 is 0 Å². The van der Waals surface area contributed by atoms with E-state index in [1.54, 1.807) is 18.2 Å². The Morgan fingerprint density at radius 3 is 2.48 bits per heavy atom. The molecule has 1 saturated carbocycles. The second kappa shape index (κ2) is 9.27. The van der Waals surface area contributed by atoms with Crippen molar-refractivity contribution in [2.45, 2.75) is 55.9 Å². The minimum absolute atomic E-state index is 0.0165. The van der Waals surface area contributed by atoms with Gasteiger partial charge in [-0.1, -0.05) is 36.8 Å². The number of carbonyl (C=O) groups excluding carboxylic acids is 1. The van der Waals surface area contributed by atoms with Gasteiger partial charge in [0, 0.05) is 45.4 Å². The second-order valence-corrected chi connectivity index (χ2v) is 11.1. The summed E-state index contributed by atoms with van der Waals surface area (Å²) in [6.07, 6.45) is 4.23. The SMILES string of the molecule is CCn1c(CCC(=O)NCC2(c3ccccc3)CCC2)nc2cc(S(=O)(=O)N(C)C)ccc21. The quantitative estimate of drug-likeness (QED) is 0.521. The van der Waals surface area contributed by atoms with Crippen molar-refractivity contribution in [2.24, 2.45) is 0 Å². The molecule has 1 amide bonds. The normalized spacial score (nSPS) is 15.5. The topological polar surface area (TPSA) is 84.3 Å². The first-order valence-electron chi connectivity index (χ1n) is 11.5. The van der Waals surface area contributed by atoms with Gasteiger partial charge >= 0.3 is 0 Å². The van der Waals surface area contributed by atoms with E-state index in [4.69, 9.17) is 0 Å². The average molecular weight is 469 g/mol. The number of carbonyl (C=O) groups is 1. The van der Waals surface area contributed by atoms with Crippen LogP contribution in [0.15, 0.2) is 53.4 Å². The lowest BCUT2D eigenvalue weighted by Crippen LogP contribution is -2.45. The third kappa shape index (κ3) is 4.54. The molecule has 0 bridgehead atoms. The van der Waals surface area contributed by atoms with Crippen molar-refractivity contribution in [3.05, 3.63) is 59.9 Å². The number of aryl methyl sites for hydroxylation is 2. The molecule has 0 aliphatic heterocycles. The van der Waals surface area contributed by atoms with E-state index in [2.05, 4.69) is 34.6 Å². The fourth-order valence-electron chi connectivity index (χ4n) is 4.62. The minimum atomic E-state index is -3.53. The Labute approximate surface area is 195 Å². The summed E-state index contributed by atoms with van der Waals surface area (Å²) in [4.78, 5) is 17.6. The molecule has 0 radical (unpaired) electrons. The number of nitrogens with one attached hydrogen (secondary N) is 1. The molecule has 176 valence electrons. The van der Waals surface area contributed by atoms with Crippen LogP contribution in [0.1, 0.15) is 44.0 Å². The first-order chi connectivity index (χ1) is 15.8. The number of hydrogen-bond acceptors (Lipinski definition) is 4. The highest BCUT2D eigenvalue weighted by molar-refractivity contribution is 7.89. The Morgan fingerprint density at radius 1 is 1.15 bits per heavy atom. The molecule has 2 aromatic carbocycles. The zero-order chi connectivity index (χ0) is 23.6. The third-order valence-corrected chi connectivity index (χ3v) is 8.60. The average Bonchev–Trinajstić information content (AvgIpc) is 3.14. The van der Waals surface area contributed by atoms with Gasteiger partial charge in [0.15, 0.2) is 0 Å². The van der Waals surface area contributed by atoms with Crippen molar-refractivity contribution in [3.63, 3.8) is 0 Å². The van der Waals surface area contributed by atoms with E-state index in [1.165, 1.54) is 30.4 Å². The maximum Gasteiger partial charge on any atom is 0.242 e. The number of fused-ring (bicyclic) bond motifs is 1. The summed E-state index contributed by atoms with van der Waals surface area (Å²) in [6, 6.07) is 15.5. The van der Waals surface area contributed by atoms with E-state index in [9.17, 15) is 13.2 Å². The highest BCUT2D eigenvalue weighted by Crippen LogP contribution is 2.43. The summed E-state index contributed by atoms with van der Waals surface area (Å²) in [6.45, 7) is 3.38. The van der Waals surface area contributed by atoms with Crippen molar-refractivity contribution in [2.75, 3.05) is 20.6 Å². The van der Waals surface area contributed by atoms with Gasteiger partial charge in [0.25, 0.3) is 0 Å². The summed E-state index contributed by atoms with van der Waals surface area (Å²) in [5.74, 6) is 0.811. The molecule has 1 N–H and O–H groups in total. The van der Waals surface area contributed by atoms with Crippen LogP contribution in [0.4, 0.5) is 0 Å². The predicted octanol–water partition coefficient (Wildman–Crippen LogP) is 3.48. The van der Waals surface area contributed by atoms with Crippen molar-refractivity contribution >= 4 is 27.0 Å². The van der Waals surface area contributed by atoms with Crippen LogP contribution in [0.5, 0.6) is 0 Å². The van der Waals surface area contributed by atoms with Gasteiger partial charge in [-0.15, -0.1) is 0 Å². The van der Waals surface area contributed by atoms with E-state index < -0.39 is 10.0 Å². The molecule has 1 fully saturated rings. The maximum atomic E-state index is 12.7. The molecule has 0 spiro atoms. The highest BCUT2D eigenvalue weighted by Gasteiger charge is 2.38. The summed E-state index contributed by atoms with van der Waals surface area (Å²) < 4.78 is 28.2. The van der Waals surface area contributed by atoms with Crippen LogP contribution >= 0.6 is 0 Å². The van der Waals surface area contributed by atoms with Gasteiger partial charge in [0.1, 0.15) is 5.82 Å². The molecule has 1 aliphatic rings. The summed E-state index contributed by atoms with van der Waals surface area (Å²) in [5.41, 5.74) is 2.87. The second-order valence-electron chi connectivity index (χ2n) is 8.99. The number of rotatable bonds is 9. The number of aromatic nitrogens is 2. The molecule has 0 unspecified atom stereocenters.